The van der Waals surface area contributed by atoms with E-state index in [4.69, 9.17) is 0 Å². The SMILES string of the molecule is CC1(O)CCN(C(=O)CCC(F)(F)F)CC1. The van der Waals surface area contributed by atoms with E-state index in [0.29, 0.717) is 25.9 Å². The van der Waals surface area contributed by atoms with Crippen LogP contribution in [0.3, 0.4) is 0 Å². The first-order chi connectivity index (χ1) is 7.20. The Kier molecular flexibility index (Phi) is 3.83. The van der Waals surface area contributed by atoms with Crippen LogP contribution in [-0.2, 0) is 4.79 Å². The monoisotopic (exact) mass is 239 g/mol. The number of hydrogen-bond acceptors (Lipinski definition) is 2. The second kappa shape index (κ2) is 4.61. The van der Waals surface area contributed by atoms with Gasteiger partial charge in [-0.3, -0.25) is 4.79 Å². The largest absolute Gasteiger partial charge is 0.390 e. The number of nitrogens with zero attached hydrogens (tertiary/aromatic N) is 1. The summed E-state index contributed by atoms with van der Waals surface area (Å²) in [6.07, 6.45) is -5.00. The Labute approximate surface area is 92.2 Å². The van der Waals surface area contributed by atoms with Crippen LogP contribution in [-0.4, -0.2) is 40.8 Å². The molecule has 0 saturated carbocycles. The van der Waals surface area contributed by atoms with E-state index in [9.17, 15) is 23.1 Å². The molecular weight excluding hydrogens is 223 g/mol. The number of aliphatic hydroxyl groups is 1. The van der Waals surface area contributed by atoms with Crippen molar-refractivity contribution in [1.29, 1.82) is 0 Å². The van der Waals surface area contributed by atoms with Crippen LogP contribution in [0.2, 0.25) is 0 Å². The summed E-state index contributed by atoms with van der Waals surface area (Å²) in [7, 11) is 0. The number of carbonyl (C=O) groups is 1. The molecule has 0 aromatic carbocycles. The maximum atomic E-state index is 11.9. The van der Waals surface area contributed by atoms with Gasteiger partial charge in [0.25, 0.3) is 0 Å². The standard InChI is InChI=1S/C10H16F3NO2/c1-9(16)4-6-14(7-5-9)8(15)2-3-10(11,12)13/h16H,2-7H2,1H3. The first-order valence-electron chi connectivity index (χ1n) is 5.26. The van der Waals surface area contributed by atoms with Gasteiger partial charge in [0.05, 0.1) is 12.0 Å². The summed E-state index contributed by atoms with van der Waals surface area (Å²) < 4.78 is 35.7. The lowest BCUT2D eigenvalue weighted by Gasteiger charge is -2.35. The molecule has 3 nitrogen and oxygen atoms in total. The molecule has 1 rings (SSSR count). The second-order valence-corrected chi connectivity index (χ2v) is 4.49. The highest BCUT2D eigenvalue weighted by Crippen LogP contribution is 2.24. The first-order valence-corrected chi connectivity index (χ1v) is 5.26. The van der Waals surface area contributed by atoms with E-state index in [2.05, 4.69) is 0 Å². The normalized spacial score (nSPS) is 20.9. The fourth-order valence-corrected chi connectivity index (χ4v) is 1.64. The zero-order chi connectivity index (χ0) is 12.4. The summed E-state index contributed by atoms with van der Waals surface area (Å²) in [5.41, 5.74) is -0.791. The summed E-state index contributed by atoms with van der Waals surface area (Å²) in [5.74, 6) is -0.479. The average Bonchev–Trinajstić information content (AvgIpc) is 2.13. The van der Waals surface area contributed by atoms with E-state index in [0.717, 1.165) is 0 Å². The number of halogens is 3. The predicted molar refractivity (Wildman–Crippen MR) is 51.7 cm³/mol. The summed E-state index contributed by atoms with van der Waals surface area (Å²) >= 11 is 0. The second-order valence-electron chi connectivity index (χ2n) is 4.49. The molecule has 0 unspecified atom stereocenters. The van der Waals surface area contributed by atoms with Crippen LogP contribution in [0.4, 0.5) is 13.2 Å². The Morgan fingerprint density at radius 3 is 2.31 bits per heavy atom. The minimum Gasteiger partial charge on any atom is -0.390 e. The van der Waals surface area contributed by atoms with Gasteiger partial charge in [0, 0.05) is 19.5 Å². The van der Waals surface area contributed by atoms with Crippen molar-refractivity contribution in [1.82, 2.24) is 4.90 Å². The Balaban J connectivity index is 2.34. The number of hydrogen-bond donors (Lipinski definition) is 1. The lowest BCUT2D eigenvalue weighted by Crippen LogP contribution is -2.45. The molecule has 0 spiro atoms. The van der Waals surface area contributed by atoms with Gasteiger partial charge in [-0.15, -0.1) is 0 Å². The molecule has 94 valence electrons. The van der Waals surface area contributed by atoms with Crippen LogP contribution in [0.15, 0.2) is 0 Å². The highest BCUT2D eigenvalue weighted by atomic mass is 19.4. The summed E-state index contributed by atoms with van der Waals surface area (Å²) in [5, 5.41) is 9.62. The third-order valence-electron chi connectivity index (χ3n) is 2.82. The molecule has 1 N–H and O–H groups in total. The van der Waals surface area contributed by atoms with Crippen molar-refractivity contribution in [2.45, 2.75) is 44.4 Å². The first kappa shape index (κ1) is 13.3. The predicted octanol–water partition coefficient (Wildman–Crippen LogP) is 1.70. The molecule has 1 aliphatic rings. The topological polar surface area (TPSA) is 40.5 Å². The van der Waals surface area contributed by atoms with Crippen LogP contribution >= 0.6 is 0 Å². The lowest BCUT2D eigenvalue weighted by atomic mass is 9.93. The number of amides is 1. The van der Waals surface area contributed by atoms with Gasteiger partial charge in [-0.1, -0.05) is 0 Å². The van der Waals surface area contributed by atoms with Gasteiger partial charge in [0.1, 0.15) is 0 Å². The van der Waals surface area contributed by atoms with E-state index in [1.54, 1.807) is 6.92 Å². The summed E-state index contributed by atoms with van der Waals surface area (Å²) in [6.45, 7) is 2.35. The smallest absolute Gasteiger partial charge is 0.389 e. The molecule has 1 fully saturated rings. The Hall–Kier alpha value is -0.780. The maximum Gasteiger partial charge on any atom is 0.389 e. The van der Waals surface area contributed by atoms with Gasteiger partial charge < -0.3 is 10.0 Å². The highest BCUT2D eigenvalue weighted by molar-refractivity contribution is 5.76. The number of rotatable bonds is 2. The Morgan fingerprint density at radius 1 is 1.38 bits per heavy atom. The van der Waals surface area contributed by atoms with E-state index in [-0.39, 0.29) is 0 Å². The number of likely N-dealkylation sites (tertiary alicyclic amines) is 1. The Bertz CT molecular complexity index is 253. The zero-order valence-corrected chi connectivity index (χ0v) is 9.18. The molecule has 1 amide bonds. The molecule has 0 atom stereocenters. The number of carbonyl (C=O) groups excluding carboxylic acids is 1. The molecular formula is C10H16F3NO2. The van der Waals surface area contributed by atoms with E-state index in [1.807, 2.05) is 0 Å². The molecule has 1 heterocycles. The van der Waals surface area contributed by atoms with Gasteiger partial charge >= 0.3 is 6.18 Å². The van der Waals surface area contributed by atoms with E-state index in [1.165, 1.54) is 4.90 Å². The highest BCUT2D eigenvalue weighted by Gasteiger charge is 2.32. The van der Waals surface area contributed by atoms with Gasteiger partial charge in [-0.25, -0.2) is 0 Å². The fraction of sp³-hybridized carbons (Fsp3) is 0.900. The van der Waals surface area contributed by atoms with E-state index < -0.39 is 30.5 Å². The zero-order valence-electron chi connectivity index (χ0n) is 9.18. The summed E-state index contributed by atoms with van der Waals surface area (Å²) in [4.78, 5) is 12.8. The number of piperidine rings is 1. The minimum absolute atomic E-state index is 0.337. The van der Waals surface area contributed by atoms with Crippen LogP contribution in [0.25, 0.3) is 0 Å². The molecule has 0 aromatic heterocycles. The average molecular weight is 239 g/mol. The third kappa shape index (κ3) is 4.38. The summed E-state index contributed by atoms with van der Waals surface area (Å²) in [6, 6.07) is 0. The molecule has 0 bridgehead atoms. The van der Waals surface area contributed by atoms with Crippen molar-refractivity contribution in [3.8, 4) is 0 Å². The lowest BCUT2D eigenvalue weighted by molar-refractivity contribution is -0.151. The van der Waals surface area contributed by atoms with Crippen molar-refractivity contribution in [3.05, 3.63) is 0 Å². The van der Waals surface area contributed by atoms with E-state index >= 15 is 0 Å². The molecule has 0 aliphatic carbocycles. The molecule has 1 saturated heterocycles. The van der Waals surface area contributed by atoms with Gasteiger partial charge in [-0.05, 0) is 19.8 Å². The molecule has 1 aliphatic heterocycles. The van der Waals surface area contributed by atoms with Gasteiger partial charge in [0.15, 0.2) is 0 Å². The van der Waals surface area contributed by atoms with Crippen molar-refractivity contribution < 1.29 is 23.1 Å². The van der Waals surface area contributed by atoms with Crippen molar-refractivity contribution in [3.63, 3.8) is 0 Å². The van der Waals surface area contributed by atoms with Crippen molar-refractivity contribution in [2.75, 3.05) is 13.1 Å². The van der Waals surface area contributed by atoms with Crippen molar-refractivity contribution in [2.24, 2.45) is 0 Å². The van der Waals surface area contributed by atoms with Crippen LogP contribution in [0, 0.1) is 0 Å². The van der Waals surface area contributed by atoms with Crippen molar-refractivity contribution >= 4 is 5.91 Å². The van der Waals surface area contributed by atoms with Crippen LogP contribution in [0.1, 0.15) is 32.6 Å². The fourth-order valence-electron chi connectivity index (χ4n) is 1.64. The van der Waals surface area contributed by atoms with Crippen LogP contribution in [0.5, 0.6) is 0 Å². The third-order valence-corrected chi connectivity index (χ3v) is 2.82. The quantitative estimate of drug-likeness (QED) is 0.796. The van der Waals surface area contributed by atoms with Crippen LogP contribution < -0.4 is 0 Å². The number of alkyl halides is 3. The minimum atomic E-state index is -4.28. The molecule has 6 heteroatoms. The molecule has 16 heavy (non-hydrogen) atoms. The van der Waals surface area contributed by atoms with Gasteiger partial charge in [0.2, 0.25) is 5.91 Å². The maximum absolute atomic E-state index is 11.9. The molecule has 0 radical (unpaired) electrons. The molecule has 0 aromatic rings. The Morgan fingerprint density at radius 2 is 1.88 bits per heavy atom. The van der Waals surface area contributed by atoms with Gasteiger partial charge in [-0.2, -0.15) is 13.2 Å².